The summed E-state index contributed by atoms with van der Waals surface area (Å²) in [5, 5.41) is 15.5. The predicted octanol–water partition coefficient (Wildman–Crippen LogP) is 11.0. The lowest BCUT2D eigenvalue weighted by molar-refractivity contribution is -0.132. The number of likely N-dealkylation sites (tertiary alicyclic amines) is 1. The lowest BCUT2D eigenvalue weighted by atomic mass is 9.92. The number of fused-ring (bicyclic) bond motifs is 2. The summed E-state index contributed by atoms with van der Waals surface area (Å²) in [4.78, 5) is 73.7. The summed E-state index contributed by atoms with van der Waals surface area (Å²) in [6.45, 7) is 16.6. The first-order valence-electron chi connectivity index (χ1n) is 25.0. The van der Waals surface area contributed by atoms with Crippen LogP contribution >= 0.6 is 22.7 Å². The van der Waals surface area contributed by atoms with Gasteiger partial charge in [0.05, 0.1) is 49.9 Å². The minimum absolute atomic E-state index is 0.0319. The predicted molar refractivity (Wildman–Crippen MR) is 287 cm³/mol. The Balaban J connectivity index is 0.000000278. The molecule has 7 rings (SSSR count). The molecule has 2 aliphatic rings. The van der Waals surface area contributed by atoms with Crippen LogP contribution in [0.15, 0.2) is 60.2 Å². The summed E-state index contributed by atoms with van der Waals surface area (Å²) >= 11 is 3.13. The van der Waals surface area contributed by atoms with E-state index in [0.717, 1.165) is 82.6 Å². The van der Waals surface area contributed by atoms with E-state index in [1.165, 1.54) is 66.7 Å². The van der Waals surface area contributed by atoms with Crippen molar-refractivity contribution in [3.05, 3.63) is 77.2 Å². The number of primary amides is 1. The Bertz CT molecular complexity index is 2430. The van der Waals surface area contributed by atoms with Gasteiger partial charge in [0.15, 0.2) is 5.13 Å². The summed E-state index contributed by atoms with van der Waals surface area (Å²) < 4.78 is 6.46. The number of nitrogens with two attached hydrogens (primary N) is 1. The van der Waals surface area contributed by atoms with Crippen LogP contribution in [-0.4, -0.2) is 87.5 Å². The van der Waals surface area contributed by atoms with Gasteiger partial charge in [-0.1, -0.05) is 121 Å². The van der Waals surface area contributed by atoms with Gasteiger partial charge in [-0.25, -0.2) is 14.8 Å². The molecule has 0 radical (unpaired) electrons. The number of aromatic nitrogens is 3. The molecule has 0 saturated carbocycles. The average Bonchev–Trinajstić information content (AvgIpc) is 4.09. The summed E-state index contributed by atoms with van der Waals surface area (Å²) in [6.07, 6.45) is 16.7. The molecule has 1 saturated heterocycles. The van der Waals surface area contributed by atoms with Crippen molar-refractivity contribution < 1.29 is 33.8 Å². The van der Waals surface area contributed by atoms with Crippen LogP contribution in [0, 0.1) is 12.3 Å². The highest BCUT2D eigenvalue weighted by atomic mass is 32.1. The fourth-order valence-corrected chi connectivity index (χ4v) is 9.76. The van der Waals surface area contributed by atoms with Crippen LogP contribution in [0.4, 0.5) is 15.6 Å². The SMILES string of the molecule is CC(C)(C)CC(=O)N1CCC(O)C1.CCCCCCCCCCCC(=O)Nc1nc2ccc(-c3cnc4c(c3)N(C(=O)OC(C)C)CCC4)cc2s1.Cc1ncsc1-c1ccc(CNC=O)cc1.NC=O. The number of amides is 5. The van der Waals surface area contributed by atoms with Crippen molar-refractivity contribution in [2.24, 2.45) is 11.1 Å². The third-order valence-corrected chi connectivity index (χ3v) is 13.5. The molecule has 0 aliphatic carbocycles. The molecule has 15 nitrogen and oxygen atoms in total. The molecule has 2 aliphatic heterocycles. The third kappa shape index (κ3) is 20.1. The van der Waals surface area contributed by atoms with E-state index >= 15 is 0 Å². The van der Waals surface area contributed by atoms with Crippen molar-refractivity contribution >= 4 is 74.4 Å². The molecule has 5 N–H and O–H groups in total. The number of hydrogen-bond acceptors (Lipinski definition) is 12. The number of anilines is 2. The van der Waals surface area contributed by atoms with E-state index in [4.69, 9.17) is 9.53 Å². The molecular formula is C54H76N8O7S2. The molecule has 5 amide bonds. The number of benzene rings is 2. The lowest BCUT2D eigenvalue weighted by Gasteiger charge is -2.29. The van der Waals surface area contributed by atoms with E-state index in [0.29, 0.717) is 44.0 Å². The van der Waals surface area contributed by atoms with Crippen molar-refractivity contribution in [1.82, 2.24) is 25.2 Å². The first-order valence-corrected chi connectivity index (χ1v) is 26.7. The quantitative estimate of drug-likeness (QED) is 0.0482. The van der Waals surface area contributed by atoms with Crippen LogP contribution < -0.4 is 21.3 Å². The zero-order valence-electron chi connectivity index (χ0n) is 42.8. The van der Waals surface area contributed by atoms with Gasteiger partial charge in [0.1, 0.15) is 0 Å². The van der Waals surface area contributed by atoms with Crippen molar-refractivity contribution in [2.75, 3.05) is 29.9 Å². The average molecular weight is 1010 g/mol. The van der Waals surface area contributed by atoms with E-state index in [-0.39, 0.29) is 41.9 Å². The monoisotopic (exact) mass is 1010 g/mol. The second-order valence-corrected chi connectivity index (χ2v) is 21.2. The van der Waals surface area contributed by atoms with Gasteiger partial charge in [-0.15, -0.1) is 11.3 Å². The molecule has 71 heavy (non-hydrogen) atoms. The number of β-amino-alcohol motifs (C(OH)–C–C–N with tert-alkyl or cyclic N) is 1. The van der Waals surface area contributed by atoms with Crippen LogP contribution in [0.5, 0.6) is 0 Å². The minimum Gasteiger partial charge on any atom is -0.446 e. The van der Waals surface area contributed by atoms with Gasteiger partial charge in [-0.3, -0.25) is 29.1 Å². The molecule has 0 bridgehead atoms. The number of hydrogen-bond donors (Lipinski definition) is 4. The highest BCUT2D eigenvalue weighted by Crippen LogP contribution is 2.35. The number of pyridine rings is 1. The highest BCUT2D eigenvalue weighted by molar-refractivity contribution is 7.22. The number of nitrogens with one attached hydrogen (secondary N) is 2. The Morgan fingerprint density at radius 1 is 0.930 bits per heavy atom. The Hall–Kier alpha value is -5.78. The Labute approximate surface area is 428 Å². The number of unbranched alkanes of at least 4 members (excludes halogenated alkanes) is 8. The number of ether oxygens (including phenoxy) is 1. The Morgan fingerprint density at radius 2 is 1.61 bits per heavy atom. The van der Waals surface area contributed by atoms with Gasteiger partial charge >= 0.3 is 6.09 Å². The molecule has 5 heterocycles. The summed E-state index contributed by atoms with van der Waals surface area (Å²) in [7, 11) is 0. The normalized spacial score (nSPS) is 14.0. The number of carbonyl (C=O) groups is 5. The maximum Gasteiger partial charge on any atom is 0.414 e. The summed E-state index contributed by atoms with van der Waals surface area (Å²) in [6, 6.07) is 16.2. The topological polar surface area (TPSA) is 210 Å². The molecule has 5 aromatic rings. The van der Waals surface area contributed by atoms with Gasteiger partial charge in [0.25, 0.3) is 0 Å². The van der Waals surface area contributed by atoms with Crippen molar-refractivity contribution in [1.29, 1.82) is 0 Å². The van der Waals surface area contributed by atoms with Gasteiger partial charge in [0.2, 0.25) is 24.6 Å². The highest BCUT2D eigenvalue weighted by Gasteiger charge is 2.28. The zero-order valence-corrected chi connectivity index (χ0v) is 44.5. The second-order valence-electron chi connectivity index (χ2n) is 19.3. The van der Waals surface area contributed by atoms with Crippen molar-refractivity contribution in [2.45, 2.75) is 157 Å². The van der Waals surface area contributed by atoms with Crippen molar-refractivity contribution in [3.8, 4) is 21.6 Å². The Kier molecular flexibility index (Phi) is 24.6. The number of thiazole rings is 2. The Morgan fingerprint density at radius 3 is 2.21 bits per heavy atom. The van der Waals surface area contributed by atoms with Crippen LogP contribution in [0.1, 0.15) is 142 Å². The number of aryl methyl sites for hydroxylation is 2. The van der Waals surface area contributed by atoms with Crippen LogP contribution in [0.25, 0.3) is 31.8 Å². The van der Waals surface area contributed by atoms with Crippen LogP contribution in [0.3, 0.4) is 0 Å². The molecule has 1 fully saturated rings. The van der Waals surface area contributed by atoms with Crippen LogP contribution in [0.2, 0.25) is 0 Å². The largest absolute Gasteiger partial charge is 0.446 e. The first kappa shape index (κ1) is 57.8. The van der Waals surface area contributed by atoms with E-state index in [2.05, 4.69) is 77.2 Å². The fourth-order valence-electron chi connectivity index (χ4n) is 8.03. The molecule has 1 atom stereocenters. The van der Waals surface area contributed by atoms with E-state index in [9.17, 15) is 24.3 Å². The smallest absolute Gasteiger partial charge is 0.414 e. The van der Waals surface area contributed by atoms with Gasteiger partial charge in [0, 0.05) is 50.8 Å². The number of carbonyl (C=O) groups excluding carboxylic acids is 5. The number of aliphatic hydroxyl groups excluding tert-OH is 1. The van der Waals surface area contributed by atoms with E-state index < -0.39 is 0 Å². The molecular weight excluding hydrogens is 937 g/mol. The molecule has 386 valence electrons. The fraction of sp³-hybridized carbons (Fsp3) is 0.519. The number of nitrogens with zero attached hydrogens (tertiary/aromatic N) is 5. The van der Waals surface area contributed by atoms with Gasteiger partial charge < -0.3 is 31.1 Å². The maximum atomic E-state index is 12.7. The van der Waals surface area contributed by atoms with Gasteiger partial charge in [-0.2, -0.15) is 0 Å². The van der Waals surface area contributed by atoms with E-state index in [1.54, 1.807) is 21.1 Å². The maximum absolute atomic E-state index is 12.7. The zero-order chi connectivity index (χ0) is 51.8. The summed E-state index contributed by atoms with van der Waals surface area (Å²) in [5.41, 5.74) is 13.9. The third-order valence-electron chi connectivity index (χ3n) is 11.6. The number of rotatable bonds is 18. The molecule has 17 heteroatoms. The molecule has 3 aromatic heterocycles. The first-order chi connectivity index (χ1) is 34.0. The standard InChI is InChI=1S/C31H42N4O3S.C12H12N2OS.C10H19NO2.CH3NO/c1-4-5-6-7-8-9-10-11-12-15-29(36)34-30-33-26-17-16-23(20-28(26)39-30)24-19-27-25(32-21-24)14-13-18-35(27)31(37)38-22(2)3;1-9-12(16-8-14-9)11-4-2-10(3-5-11)6-13-7-15;1-10(2,3)6-9(13)11-5-4-8(12)7-11;2-1-3/h16-17,19-22H,4-15,18H2,1-3H3,(H,33,34,36);2-5,7-8H,6H2,1H3,(H,13,15);8,12H,4-7H2,1-3H3;1H,(H2,2,3). The molecule has 0 spiro atoms. The number of aliphatic hydroxyl groups is 1. The van der Waals surface area contributed by atoms with Gasteiger partial charge in [-0.05, 0) is 86.8 Å². The lowest BCUT2D eigenvalue weighted by Crippen LogP contribution is -2.37. The van der Waals surface area contributed by atoms with E-state index in [1.807, 2.05) is 62.8 Å². The summed E-state index contributed by atoms with van der Waals surface area (Å²) in [5.74, 6) is 0.202. The van der Waals surface area contributed by atoms with Crippen molar-refractivity contribution in [3.63, 3.8) is 0 Å². The second kappa shape index (κ2) is 30.2. The minimum atomic E-state index is -0.328. The molecule has 2 aromatic carbocycles. The van der Waals surface area contributed by atoms with Crippen LogP contribution in [-0.2, 0) is 36.9 Å². The molecule has 1 unspecified atom stereocenters.